The number of aromatic nitrogens is 2. The predicted octanol–water partition coefficient (Wildman–Crippen LogP) is 4.66. The summed E-state index contributed by atoms with van der Waals surface area (Å²) in [5.41, 5.74) is 1.09. The molecule has 0 fully saturated rings. The van der Waals surface area contributed by atoms with Crippen molar-refractivity contribution in [3.63, 3.8) is 0 Å². The highest BCUT2D eigenvalue weighted by Crippen LogP contribution is 2.31. The third-order valence-corrected chi connectivity index (χ3v) is 5.92. The van der Waals surface area contributed by atoms with Crippen molar-refractivity contribution in [3.05, 3.63) is 115 Å². The lowest BCUT2D eigenvalue weighted by atomic mass is 10.1. The summed E-state index contributed by atoms with van der Waals surface area (Å²) in [5, 5.41) is 24.8. The number of anilines is 1. The molecule has 0 atom stereocenters. The Kier molecular flexibility index (Phi) is 7.33. The SMILES string of the molecule is Cc1c(NC(=O)CCc2ccc(Oc3cc([N+](=O)[O-])cc([N+](=O)[O-])c3)cc2)c(=O)n(-c2ccccc2)n1C. The van der Waals surface area contributed by atoms with Crippen molar-refractivity contribution in [2.45, 2.75) is 19.8 Å². The van der Waals surface area contributed by atoms with Gasteiger partial charge in [0.1, 0.15) is 17.2 Å². The van der Waals surface area contributed by atoms with Gasteiger partial charge in [-0.1, -0.05) is 30.3 Å². The highest BCUT2D eigenvalue weighted by molar-refractivity contribution is 5.91. The number of ether oxygens (including phenoxy) is 1. The molecule has 0 unspecified atom stereocenters. The van der Waals surface area contributed by atoms with Crippen molar-refractivity contribution in [1.82, 2.24) is 9.36 Å². The number of nitro benzene ring substituents is 2. The molecule has 1 N–H and O–H groups in total. The van der Waals surface area contributed by atoms with E-state index >= 15 is 0 Å². The van der Waals surface area contributed by atoms with Crippen LogP contribution in [-0.2, 0) is 18.3 Å². The summed E-state index contributed by atoms with van der Waals surface area (Å²) >= 11 is 0. The molecular formula is C26H23N5O7. The standard InChI is InChI=1S/C26H23N5O7/c1-17-25(26(33)29(28(17)2)19-6-4-3-5-7-19)27-24(32)13-10-18-8-11-22(12-9-18)38-23-15-20(30(34)35)14-21(16-23)31(36)37/h3-9,11-12,14-16H,10,13H2,1-2H3,(H,27,32). The van der Waals surface area contributed by atoms with Crippen LogP contribution in [0.2, 0.25) is 0 Å². The van der Waals surface area contributed by atoms with E-state index in [1.165, 1.54) is 4.68 Å². The van der Waals surface area contributed by atoms with Gasteiger partial charge in [-0.05, 0) is 43.2 Å². The summed E-state index contributed by atoms with van der Waals surface area (Å²) in [6, 6.07) is 18.8. The van der Waals surface area contributed by atoms with Crippen LogP contribution in [0.4, 0.5) is 17.1 Å². The third-order valence-electron chi connectivity index (χ3n) is 5.92. The molecule has 12 nitrogen and oxygen atoms in total. The van der Waals surface area contributed by atoms with E-state index in [9.17, 15) is 29.8 Å². The lowest BCUT2D eigenvalue weighted by Crippen LogP contribution is -2.23. The number of para-hydroxylation sites is 1. The molecule has 4 rings (SSSR count). The second-order valence-electron chi connectivity index (χ2n) is 8.43. The number of nitrogens with zero attached hydrogens (tertiary/aromatic N) is 4. The zero-order valence-corrected chi connectivity index (χ0v) is 20.5. The lowest BCUT2D eigenvalue weighted by molar-refractivity contribution is -0.394. The van der Waals surface area contributed by atoms with Gasteiger partial charge in [0.2, 0.25) is 5.91 Å². The molecule has 38 heavy (non-hydrogen) atoms. The fourth-order valence-corrected chi connectivity index (χ4v) is 3.87. The monoisotopic (exact) mass is 517 g/mol. The molecule has 1 heterocycles. The minimum absolute atomic E-state index is 0.0441. The van der Waals surface area contributed by atoms with Crippen LogP contribution < -0.4 is 15.6 Å². The first-order valence-electron chi connectivity index (χ1n) is 11.5. The molecule has 0 saturated heterocycles. The van der Waals surface area contributed by atoms with Gasteiger partial charge in [0.25, 0.3) is 16.9 Å². The van der Waals surface area contributed by atoms with Crippen LogP contribution in [0.3, 0.4) is 0 Å². The fourth-order valence-electron chi connectivity index (χ4n) is 3.87. The van der Waals surface area contributed by atoms with Gasteiger partial charge in [-0.25, -0.2) is 4.68 Å². The van der Waals surface area contributed by atoms with E-state index in [0.29, 0.717) is 23.6 Å². The maximum Gasteiger partial charge on any atom is 0.295 e. The number of hydrogen-bond donors (Lipinski definition) is 1. The maximum absolute atomic E-state index is 13.0. The molecule has 0 aliphatic carbocycles. The summed E-state index contributed by atoms with van der Waals surface area (Å²) in [6.45, 7) is 1.76. The maximum atomic E-state index is 13.0. The summed E-state index contributed by atoms with van der Waals surface area (Å²) in [5.74, 6) is -0.0490. The second-order valence-corrected chi connectivity index (χ2v) is 8.43. The van der Waals surface area contributed by atoms with Crippen molar-refractivity contribution in [2.24, 2.45) is 7.05 Å². The number of hydrogen-bond acceptors (Lipinski definition) is 7. The Morgan fingerprint density at radius 1 is 0.921 bits per heavy atom. The summed E-state index contributed by atoms with van der Waals surface area (Å²) in [6.07, 6.45) is 0.504. The Morgan fingerprint density at radius 2 is 1.53 bits per heavy atom. The Balaban J connectivity index is 1.40. The van der Waals surface area contributed by atoms with Crippen LogP contribution in [0, 0.1) is 27.2 Å². The lowest BCUT2D eigenvalue weighted by Gasteiger charge is -2.08. The summed E-state index contributed by atoms with van der Waals surface area (Å²) in [7, 11) is 1.74. The molecule has 0 saturated carbocycles. The number of nitro groups is 2. The van der Waals surface area contributed by atoms with E-state index in [-0.39, 0.29) is 29.3 Å². The van der Waals surface area contributed by atoms with Crippen molar-refractivity contribution in [1.29, 1.82) is 0 Å². The van der Waals surface area contributed by atoms with Crippen molar-refractivity contribution < 1.29 is 19.4 Å². The second kappa shape index (κ2) is 10.8. The summed E-state index contributed by atoms with van der Waals surface area (Å²) < 4.78 is 8.74. The number of aryl methyl sites for hydroxylation is 1. The third kappa shape index (κ3) is 5.59. The van der Waals surface area contributed by atoms with Crippen LogP contribution in [0.15, 0.2) is 77.6 Å². The minimum atomic E-state index is -0.734. The average Bonchev–Trinajstić information content (AvgIpc) is 3.11. The topological polar surface area (TPSA) is 152 Å². The number of benzene rings is 3. The first kappa shape index (κ1) is 25.8. The highest BCUT2D eigenvalue weighted by Gasteiger charge is 2.19. The molecule has 3 aromatic carbocycles. The van der Waals surface area contributed by atoms with Gasteiger partial charge >= 0.3 is 0 Å². The van der Waals surface area contributed by atoms with E-state index in [2.05, 4.69) is 5.32 Å². The van der Waals surface area contributed by atoms with E-state index in [1.807, 2.05) is 18.2 Å². The molecule has 0 aliphatic heterocycles. The van der Waals surface area contributed by atoms with Crippen LogP contribution in [-0.4, -0.2) is 25.1 Å². The highest BCUT2D eigenvalue weighted by atomic mass is 16.6. The molecule has 0 spiro atoms. The van der Waals surface area contributed by atoms with Gasteiger partial charge in [-0.3, -0.25) is 34.5 Å². The van der Waals surface area contributed by atoms with Crippen LogP contribution in [0.1, 0.15) is 17.7 Å². The van der Waals surface area contributed by atoms with Crippen molar-refractivity contribution in [2.75, 3.05) is 5.32 Å². The van der Waals surface area contributed by atoms with Crippen LogP contribution >= 0.6 is 0 Å². The number of carbonyl (C=O) groups excluding carboxylic acids is 1. The smallest absolute Gasteiger partial charge is 0.295 e. The Bertz CT molecular complexity index is 1540. The molecule has 1 amide bonds. The Morgan fingerprint density at radius 3 is 2.11 bits per heavy atom. The number of nitrogens with one attached hydrogen (secondary N) is 1. The van der Waals surface area contributed by atoms with Gasteiger partial charge in [-0.2, -0.15) is 0 Å². The molecule has 0 radical (unpaired) electrons. The average molecular weight is 517 g/mol. The van der Waals surface area contributed by atoms with Gasteiger partial charge in [0.05, 0.1) is 39.4 Å². The van der Waals surface area contributed by atoms with Crippen molar-refractivity contribution in [3.8, 4) is 17.2 Å². The normalized spacial score (nSPS) is 10.7. The fraction of sp³-hybridized carbons (Fsp3) is 0.154. The Hall–Kier alpha value is -5.26. The molecule has 12 heteroatoms. The zero-order chi connectivity index (χ0) is 27.4. The van der Waals surface area contributed by atoms with E-state index in [4.69, 9.17) is 4.74 Å². The molecule has 0 bridgehead atoms. The van der Waals surface area contributed by atoms with Crippen LogP contribution in [0.25, 0.3) is 5.69 Å². The molecule has 194 valence electrons. The quantitative estimate of drug-likeness (QED) is 0.250. The van der Waals surface area contributed by atoms with E-state index in [1.54, 1.807) is 55.1 Å². The number of rotatable bonds is 9. The minimum Gasteiger partial charge on any atom is -0.457 e. The first-order valence-corrected chi connectivity index (χ1v) is 11.5. The predicted molar refractivity (Wildman–Crippen MR) is 139 cm³/mol. The van der Waals surface area contributed by atoms with E-state index in [0.717, 1.165) is 23.8 Å². The van der Waals surface area contributed by atoms with Crippen molar-refractivity contribution >= 4 is 23.0 Å². The summed E-state index contributed by atoms with van der Waals surface area (Å²) in [4.78, 5) is 46.2. The van der Waals surface area contributed by atoms with Crippen LogP contribution in [0.5, 0.6) is 11.5 Å². The largest absolute Gasteiger partial charge is 0.457 e. The number of carbonyl (C=O) groups is 1. The molecule has 0 aliphatic rings. The number of non-ortho nitro benzene ring substituents is 2. The van der Waals surface area contributed by atoms with E-state index < -0.39 is 21.2 Å². The Labute approximate surface area is 216 Å². The van der Waals surface area contributed by atoms with Gasteiger partial charge in [0.15, 0.2) is 0 Å². The molecule has 1 aromatic heterocycles. The van der Waals surface area contributed by atoms with Gasteiger partial charge in [-0.15, -0.1) is 0 Å². The molecule has 4 aromatic rings. The van der Waals surface area contributed by atoms with Gasteiger partial charge < -0.3 is 10.1 Å². The first-order chi connectivity index (χ1) is 18.1. The molecular weight excluding hydrogens is 494 g/mol. The van der Waals surface area contributed by atoms with Gasteiger partial charge in [0, 0.05) is 13.5 Å². The number of amides is 1. The zero-order valence-electron chi connectivity index (χ0n) is 20.5.